The van der Waals surface area contributed by atoms with Gasteiger partial charge in [0.2, 0.25) is 7.37 Å². The van der Waals surface area contributed by atoms with Crippen LogP contribution < -0.4 is 0 Å². The van der Waals surface area contributed by atoms with Gasteiger partial charge in [-0.3, -0.25) is 14.0 Å². The summed E-state index contributed by atoms with van der Waals surface area (Å²) < 4.78 is 23.2. The van der Waals surface area contributed by atoms with Crippen LogP contribution in [-0.2, 0) is 9.13 Å². The lowest BCUT2D eigenvalue weighted by Crippen LogP contribution is -2.38. The molecular formula is C15H36N4O4P2. The lowest BCUT2D eigenvalue weighted by Gasteiger charge is -2.29. The molecule has 25 heavy (non-hydrogen) atoms. The molecule has 1 aliphatic heterocycles. The first-order valence-corrected chi connectivity index (χ1v) is 12.6. The molecule has 2 atom stereocenters. The normalized spacial score (nSPS) is 26.0. The zero-order chi connectivity index (χ0) is 18.9. The second kappa shape index (κ2) is 11.8. The van der Waals surface area contributed by atoms with Gasteiger partial charge in [-0.25, -0.2) is 0 Å². The fraction of sp³-hybridized carbons (Fsp3) is 1.00. The van der Waals surface area contributed by atoms with Gasteiger partial charge in [0.05, 0.1) is 6.29 Å². The van der Waals surface area contributed by atoms with Crippen molar-refractivity contribution in [2.24, 2.45) is 0 Å². The van der Waals surface area contributed by atoms with Crippen molar-refractivity contribution in [3.8, 4) is 0 Å². The topological polar surface area (TPSA) is 87.6 Å². The molecule has 0 aromatic carbocycles. The summed E-state index contributed by atoms with van der Waals surface area (Å²) in [6.45, 7) is 7.31. The molecule has 2 N–H and O–H groups in total. The maximum absolute atomic E-state index is 12.2. The van der Waals surface area contributed by atoms with Crippen LogP contribution in [0.4, 0.5) is 0 Å². The van der Waals surface area contributed by atoms with Gasteiger partial charge in [-0.1, -0.05) is 0 Å². The molecule has 1 rings (SSSR count). The second-order valence-electron chi connectivity index (χ2n) is 7.27. The van der Waals surface area contributed by atoms with Crippen LogP contribution in [0.25, 0.3) is 0 Å². The predicted octanol–water partition coefficient (Wildman–Crippen LogP) is 0.530. The van der Waals surface area contributed by atoms with E-state index in [0.717, 1.165) is 58.7 Å². The van der Waals surface area contributed by atoms with Gasteiger partial charge in [-0.15, -0.1) is 0 Å². The van der Waals surface area contributed by atoms with E-state index in [4.69, 9.17) is 4.89 Å². The predicted molar refractivity (Wildman–Crippen MR) is 104 cm³/mol. The van der Waals surface area contributed by atoms with E-state index in [1.807, 2.05) is 4.90 Å². The van der Waals surface area contributed by atoms with Gasteiger partial charge >= 0.3 is 0 Å². The molecule has 10 heteroatoms. The zero-order valence-electron chi connectivity index (χ0n) is 15.9. The molecular weight excluding hydrogens is 362 g/mol. The molecule has 0 bridgehead atoms. The molecule has 1 aliphatic rings. The Kier molecular flexibility index (Phi) is 11.0. The minimum Gasteiger partial charge on any atom is -0.346 e. The first kappa shape index (κ1) is 23.3. The number of rotatable bonds is 4. The molecule has 1 heterocycles. The van der Waals surface area contributed by atoms with E-state index in [1.54, 1.807) is 0 Å². The van der Waals surface area contributed by atoms with Crippen molar-refractivity contribution in [2.75, 3.05) is 85.7 Å². The Bertz CT molecular complexity index is 455. The van der Waals surface area contributed by atoms with E-state index in [9.17, 15) is 14.0 Å². The summed E-state index contributed by atoms with van der Waals surface area (Å²) in [5.74, 6) is -0.476. The van der Waals surface area contributed by atoms with E-state index in [0.29, 0.717) is 6.54 Å². The smallest absolute Gasteiger partial charge is 0.223 e. The summed E-state index contributed by atoms with van der Waals surface area (Å²) in [5.41, 5.74) is 0. The van der Waals surface area contributed by atoms with Crippen LogP contribution in [0.1, 0.15) is 12.8 Å². The first-order chi connectivity index (χ1) is 11.7. The van der Waals surface area contributed by atoms with Crippen LogP contribution in [0, 0.1) is 0 Å². The van der Waals surface area contributed by atoms with E-state index in [2.05, 4.69) is 35.8 Å². The van der Waals surface area contributed by atoms with Crippen molar-refractivity contribution in [3.63, 3.8) is 0 Å². The Hall–Kier alpha value is 0.220. The van der Waals surface area contributed by atoms with Gasteiger partial charge in [0.25, 0.3) is 0 Å². The third-order valence-corrected chi connectivity index (χ3v) is 8.46. The van der Waals surface area contributed by atoms with Crippen LogP contribution in [0.15, 0.2) is 0 Å². The largest absolute Gasteiger partial charge is 0.346 e. The molecule has 1 saturated heterocycles. The molecule has 8 nitrogen and oxygen atoms in total. The molecule has 1 fully saturated rings. The quantitative estimate of drug-likeness (QED) is 0.664. The number of hydrogen-bond acceptors (Lipinski definition) is 6. The molecule has 0 amide bonds. The summed E-state index contributed by atoms with van der Waals surface area (Å²) in [6.07, 6.45) is 2.02. The van der Waals surface area contributed by atoms with Crippen molar-refractivity contribution < 1.29 is 18.9 Å². The number of nitrogens with zero attached hydrogens (tertiary/aromatic N) is 4. The molecule has 0 radical (unpaired) electrons. The fourth-order valence-electron chi connectivity index (χ4n) is 2.99. The average molecular weight is 398 g/mol. The van der Waals surface area contributed by atoms with Crippen molar-refractivity contribution >= 4 is 15.4 Å². The van der Waals surface area contributed by atoms with E-state index in [-0.39, 0.29) is 6.29 Å². The first-order valence-electron chi connectivity index (χ1n) is 8.98. The summed E-state index contributed by atoms with van der Waals surface area (Å²) in [5, 5.41) is 0. The zero-order valence-corrected chi connectivity index (χ0v) is 17.8. The van der Waals surface area contributed by atoms with Crippen molar-refractivity contribution in [1.29, 1.82) is 0 Å². The van der Waals surface area contributed by atoms with E-state index < -0.39 is 21.3 Å². The minimum atomic E-state index is -3.58. The molecule has 0 spiro atoms. The summed E-state index contributed by atoms with van der Waals surface area (Å²) in [7, 11) is -0.175. The van der Waals surface area contributed by atoms with Crippen LogP contribution >= 0.6 is 15.4 Å². The lowest BCUT2D eigenvalue weighted by molar-refractivity contribution is 0.199. The lowest BCUT2D eigenvalue weighted by atomic mass is 10.3. The molecule has 150 valence electrons. The SMILES string of the molecule is CN1CCCN(C)CCN(CP(=O)(O)C[PH](=O)O)CCCN(C)CC1. The summed E-state index contributed by atoms with van der Waals surface area (Å²) in [4.78, 5) is 27.9. The average Bonchev–Trinajstić information content (AvgIpc) is 2.48. The highest BCUT2D eigenvalue weighted by atomic mass is 31.2. The highest BCUT2D eigenvalue weighted by Gasteiger charge is 2.24. The Labute approximate surface area is 153 Å². The van der Waals surface area contributed by atoms with Gasteiger partial charge in [0, 0.05) is 26.2 Å². The summed E-state index contributed by atoms with van der Waals surface area (Å²) in [6, 6.07) is 0. The summed E-state index contributed by atoms with van der Waals surface area (Å²) >= 11 is 0. The monoisotopic (exact) mass is 398 g/mol. The van der Waals surface area contributed by atoms with Gasteiger partial charge < -0.3 is 24.5 Å². The van der Waals surface area contributed by atoms with Crippen molar-refractivity contribution in [1.82, 2.24) is 19.6 Å². The molecule has 0 aromatic heterocycles. The van der Waals surface area contributed by atoms with E-state index >= 15 is 0 Å². The number of likely N-dealkylation sites (N-methyl/N-ethyl adjacent to an activating group) is 3. The fourth-order valence-corrected chi connectivity index (χ4v) is 5.99. The van der Waals surface area contributed by atoms with Gasteiger partial charge in [-0.2, -0.15) is 0 Å². The van der Waals surface area contributed by atoms with Gasteiger partial charge in [-0.05, 0) is 60.2 Å². The number of hydrogen-bond donors (Lipinski definition) is 2. The molecule has 0 aliphatic carbocycles. The second-order valence-corrected chi connectivity index (χ2v) is 11.3. The third kappa shape index (κ3) is 11.5. The Balaban J connectivity index is 2.64. The Morgan fingerprint density at radius 2 is 1.28 bits per heavy atom. The highest BCUT2D eigenvalue weighted by Crippen LogP contribution is 2.47. The van der Waals surface area contributed by atoms with E-state index in [1.165, 1.54) is 0 Å². The Morgan fingerprint density at radius 3 is 1.76 bits per heavy atom. The molecule has 0 aromatic rings. The minimum absolute atomic E-state index is 0.00422. The molecule has 0 saturated carbocycles. The third-order valence-electron chi connectivity index (χ3n) is 4.56. The maximum atomic E-state index is 12.2. The van der Waals surface area contributed by atoms with Gasteiger partial charge in [0.1, 0.15) is 5.90 Å². The maximum Gasteiger partial charge on any atom is 0.223 e. The molecule has 2 unspecified atom stereocenters. The van der Waals surface area contributed by atoms with Crippen LogP contribution in [0.3, 0.4) is 0 Å². The van der Waals surface area contributed by atoms with Crippen LogP contribution in [0.5, 0.6) is 0 Å². The Morgan fingerprint density at radius 1 is 0.840 bits per heavy atom. The van der Waals surface area contributed by atoms with Crippen LogP contribution in [0.2, 0.25) is 0 Å². The van der Waals surface area contributed by atoms with Crippen molar-refractivity contribution in [3.05, 3.63) is 0 Å². The van der Waals surface area contributed by atoms with Crippen molar-refractivity contribution in [2.45, 2.75) is 12.8 Å². The van der Waals surface area contributed by atoms with Gasteiger partial charge in [0.15, 0.2) is 8.03 Å². The standard InChI is InChI=1S/C15H36N4O4P2/c1-16-6-4-7-18(3)12-13-19(9-5-8-17(2)11-10-16)14-25(22,23)15-24(20)21/h24H,4-15H2,1-3H3,(H,20,21)(H,22,23). The van der Waals surface area contributed by atoms with Crippen LogP contribution in [-0.4, -0.2) is 115 Å². The highest BCUT2D eigenvalue weighted by molar-refractivity contribution is 7.68.